The first-order chi connectivity index (χ1) is 15.5. The lowest BCUT2D eigenvalue weighted by Gasteiger charge is -2.24. The SMILES string of the molecule is NC(=O)Cc1cc(C2CCCCC2)ccc1Nc1ccc(C2CCCCC2)cc1[N+](=O)[O-]. The van der Waals surface area contributed by atoms with E-state index >= 15 is 0 Å². The van der Waals surface area contributed by atoms with Gasteiger partial charge in [0.25, 0.3) is 5.69 Å². The molecule has 0 aromatic heterocycles. The number of nitro benzene ring substituents is 1. The van der Waals surface area contributed by atoms with Crippen LogP contribution in [0, 0.1) is 10.1 Å². The molecule has 32 heavy (non-hydrogen) atoms. The van der Waals surface area contributed by atoms with Gasteiger partial charge < -0.3 is 11.1 Å². The van der Waals surface area contributed by atoms with Crippen LogP contribution in [0.15, 0.2) is 36.4 Å². The number of benzene rings is 2. The second kappa shape index (κ2) is 10.2. The van der Waals surface area contributed by atoms with Gasteiger partial charge in [0.05, 0.1) is 11.3 Å². The molecule has 0 heterocycles. The highest BCUT2D eigenvalue weighted by atomic mass is 16.6. The summed E-state index contributed by atoms with van der Waals surface area (Å²) in [6.45, 7) is 0. The summed E-state index contributed by atoms with van der Waals surface area (Å²) in [4.78, 5) is 23.3. The number of carbonyl (C=O) groups excluding carboxylic acids is 1. The van der Waals surface area contributed by atoms with Crippen molar-refractivity contribution < 1.29 is 9.72 Å². The second-order valence-corrected chi connectivity index (χ2v) is 9.39. The fourth-order valence-corrected chi connectivity index (χ4v) is 5.40. The fraction of sp³-hybridized carbons (Fsp3) is 0.500. The van der Waals surface area contributed by atoms with Gasteiger partial charge in [-0.05, 0) is 66.3 Å². The van der Waals surface area contributed by atoms with Crippen molar-refractivity contribution in [3.8, 4) is 0 Å². The van der Waals surface area contributed by atoms with Gasteiger partial charge in [0.2, 0.25) is 5.91 Å². The Labute approximate surface area is 189 Å². The average molecular weight is 436 g/mol. The van der Waals surface area contributed by atoms with E-state index in [2.05, 4.69) is 17.4 Å². The molecule has 2 fully saturated rings. The third kappa shape index (κ3) is 5.29. The fourth-order valence-electron chi connectivity index (χ4n) is 5.40. The minimum absolute atomic E-state index is 0.0782. The molecular weight excluding hydrogens is 402 g/mol. The minimum Gasteiger partial charge on any atom is -0.369 e. The van der Waals surface area contributed by atoms with Crippen molar-refractivity contribution in [3.05, 3.63) is 63.2 Å². The lowest BCUT2D eigenvalue weighted by atomic mass is 9.83. The lowest BCUT2D eigenvalue weighted by molar-refractivity contribution is -0.384. The number of rotatable bonds is 7. The molecule has 3 N–H and O–H groups in total. The zero-order valence-electron chi connectivity index (χ0n) is 18.6. The molecule has 0 atom stereocenters. The largest absolute Gasteiger partial charge is 0.369 e. The molecule has 0 aliphatic heterocycles. The van der Waals surface area contributed by atoms with Gasteiger partial charge in [-0.2, -0.15) is 0 Å². The van der Waals surface area contributed by atoms with E-state index in [0.717, 1.165) is 36.8 Å². The van der Waals surface area contributed by atoms with E-state index in [1.54, 1.807) is 6.07 Å². The number of nitrogens with zero attached hydrogens (tertiary/aromatic N) is 1. The highest BCUT2D eigenvalue weighted by Gasteiger charge is 2.22. The topological polar surface area (TPSA) is 98.3 Å². The molecule has 4 rings (SSSR count). The van der Waals surface area contributed by atoms with Gasteiger partial charge in [-0.15, -0.1) is 0 Å². The lowest BCUT2D eigenvalue weighted by Crippen LogP contribution is -2.15. The Balaban J connectivity index is 1.63. The van der Waals surface area contributed by atoms with E-state index in [9.17, 15) is 14.9 Å². The molecule has 2 aromatic rings. The first kappa shape index (κ1) is 22.3. The highest BCUT2D eigenvalue weighted by Crippen LogP contribution is 2.39. The third-order valence-electron chi connectivity index (χ3n) is 7.13. The molecule has 0 radical (unpaired) electrons. The zero-order chi connectivity index (χ0) is 22.5. The van der Waals surface area contributed by atoms with E-state index in [0.29, 0.717) is 23.2 Å². The number of nitrogens with one attached hydrogen (secondary N) is 1. The first-order valence-corrected chi connectivity index (χ1v) is 12.0. The molecule has 0 saturated heterocycles. The van der Waals surface area contributed by atoms with E-state index in [1.807, 2.05) is 18.2 Å². The number of primary amides is 1. The van der Waals surface area contributed by atoms with Crippen LogP contribution in [0.1, 0.15) is 92.7 Å². The number of hydrogen-bond donors (Lipinski definition) is 2. The Morgan fingerprint density at radius 1 is 0.875 bits per heavy atom. The number of amides is 1. The molecule has 2 aliphatic carbocycles. The standard InChI is InChI=1S/C26H33N3O3/c27-26(30)17-22-15-20(18-7-3-1-4-8-18)11-13-23(22)28-24-14-12-21(16-25(24)29(31)32)19-9-5-2-6-10-19/h11-16,18-19,28H,1-10,17H2,(H2,27,30). The van der Waals surface area contributed by atoms with Crippen molar-refractivity contribution in [1.29, 1.82) is 0 Å². The number of carbonyl (C=O) groups is 1. The van der Waals surface area contributed by atoms with E-state index in [1.165, 1.54) is 44.1 Å². The summed E-state index contributed by atoms with van der Waals surface area (Å²) in [7, 11) is 0. The predicted molar refractivity (Wildman–Crippen MR) is 127 cm³/mol. The molecule has 2 aliphatic rings. The maximum atomic E-state index is 11.9. The summed E-state index contributed by atoms with van der Waals surface area (Å²) in [5, 5.41) is 15.1. The van der Waals surface area contributed by atoms with Gasteiger partial charge in [0.1, 0.15) is 5.69 Å². The summed E-state index contributed by atoms with van der Waals surface area (Å²) in [6, 6.07) is 11.6. The van der Waals surface area contributed by atoms with Crippen molar-refractivity contribution in [2.45, 2.75) is 82.5 Å². The molecule has 0 unspecified atom stereocenters. The second-order valence-electron chi connectivity index (χ2n) is 9.39. The summed E-state index contributed by atoms with van der Waals surface area (Å²) in [5.74, 6) is 0.501. The number of hydrogen-bond acceptors (Lipinski definition) is 4. The minimum atomic E-state index is -0.406. The molecule has 0 spiro atoms. The Bertz CT molecular complexity index is 976. The van der Waals surface area contributed by atoms with Crippen molar-refractivity contribution in [2.24, 2.45) is 5.73 Å². The van der Waals surface area contributed by atoms with Crippen molar-refractivity contribution in [1.82, 2.24) is 0 Å². The van der Waals surface area contributed by atoms with Crippen LogP contribution in [0.3, 0.4) is 0 Å². The molecule has 6 nitrogen and oxygen atoms in total. The normalized spacial score (nSPS) is 17.8. The summed E-state index contributed by atoms with van der Waals surface area (Å²) >= 11 is 0. The maximum Gasteiger partial charge on any atom is 0.292 e. The van der Waals surface area contributed by atoms with E-state index in [4.69, 9.17) is 5.73 Å². The van der Waals surface area contributed by atoms with Crippen LogP contribution in [0.5, 0.6) is 0 Å². The molecule has 2 saturated carbocycles. The van der Waals surface area contributed by atoms with Gasteiger partial charge in [-0.1, -0.05) is 56.7 Å². The van der Waals surface area contributed by atoms with Crippen LogP contribution < -0.4 is 11.1 Å². The monoisotopic (exact) mass is 435 g/mol. The summed E-state index contributed by atoms with van der Waals surface area (Å²) in [5.41, 5.74) is 9.83. The molecular formula is C26H33N3O3. The molecule has 6 heteroatoms. The quantitative estimate of drug-likeness (QED) is 0.385. The van der Waals surface area contributed by atoms with Gasteiger partial charge in [0, 0.05) is 11.8 Å². The number of nitro groups is 1. The zero-order valence-corrected chi connectivity index (χ0v) is 18.6. The van der Waals surface area contributed by atoms with Crippen molar-refractivity contribution >= 4 is 23.0 Å². The van der Waals surface area contributed by atoms with Gasteiger partial charge >= 0.3 is 0 Å². The summed E-state index contributed by atoms with van der Waals surface area (Å²) < 4.78 is 0. The van der Waals surface area contributed by atoms with Crippen LogP contribution in [0.25, 0.3) is 0 Å². The molecule has 170 valence electrons. The van der Waals surface area contributed by atoms with Gasteiger partial charge in [-0.25, -0.2) is 0 Å². The van der Waals surface area contributed by atoms with Crippen molar-refractivity contribution in [2.75, 3.05) is 5.32 Å². The van der Waals surface area contributed by atoms with Crippen molar-refractivity contribution in [3.63, 3.8) is 0 Å². The van der Waals surface area contributed by atoms with Gasteiger partial charge in [0.15, 0.2) is 0 Å². The van der Waals surface area contributed by atoms with Crippen LogP contribution in [-0.2, 0) is 11.2 Å². The Morgan fingerprint density at radius 3 is 1.94 bits per heavy atom. The number of nitrogens with two attached hydrogens (primary N) is 1. The smallest absolute Gasteiger partial charge is 0.292 e. The average Bonchev–Trinajstić information content (AvgIpc) is 2.81. The van der Waals surface area contributed by atoms with E-state index < -0.39 is 5.91 Å². The Morgan fingerprint density at radius 2 is 1.41 bits per heavy atom. The summed E-state index contributed by atoms with van der Waals surface area (Å²) in [6.07, 6.45) is 12.0. The van der Waals surface area contributed by atoms with Crippen LogP contribution in [0.2, 0.25) is 0 Å². The predicted octanol–water partition coefficient (Wildman–Crippen LogP) is 6.46. The van der Waals surface area contributed by atoms with Crippen LogP contribution in [-0.4, -0.2) is 10.8 Å². The molecule has 1 amide bonds. The van der Waals surface area contributed by atoms with E-state index in [-0.39, 0.29) is 17.0 Å². The van der Waals surface area contributed by atoms with Gasteiger partial charge in [-0.3, -0.25) is 14.9 Å². The van der Waals surface area contributed by atoms with Crippen LogP contribution >= 0.6 is 0 Å². The third-order valence-corrected chi connectivity index (χ3v) is 7.13. The maximum absolute atomic E-state index is 11.9. The Hall–Kier alpha value is -2.89. The first-order valence-electron chi connectivity index (χ1n) is 12.0. The highest BCUT2D eigenvalue weighted by molar-refractivity contribution is 5.81. The molecule has 2 aromatic carbocycles. The van der Waals surface area contributed by atoms with Crippen LogP contribution in [0.4, 0.5) is 17.1 Å². The Kier molecular flexibility index (Phi) is 7.08. The molecule has 0 bridgehead atoms. The number of anilines is 2.